The molecule has 0 spiro atoms. The maximum atomic E-state index is 12.8. The largest absolute Gasteiger partial charge is 0.462 e. The molecule has 1 fully saturated rings. The number of nitrogens with two attached hydrogens (primary N) is 1. The summed E-state index contributed by atoms with van der Waals surface area (Å²) < 4.78 is 5.27. The molecule has 0 aromatic carbocycles. The number of carbonyl (C=O) groups excluding carboxylic acids is 3. The molecule has 7 nitrogen and oxygen atoms in total. The number of nitrogens with one attached hydrogen (secondary N) is 1. The van der Waals surface area contributed by atoms with E-state index in [4.69, 9.17) is 10.5 Å². The first-order valence-corrected chi connectivity index (χ1v) is 11.3. The van der Waals surface area contributed by atoms with Crippen LogP contribution < -0.4 is 11.1 Å². The van der Waals surface area contributed by atoms with Gasteiger partial charge in [-0.25, -0.2) is 4.79 Å². The van der Waals surface area contributed by atoms with Crippen molar-refractivity contribution in [1.82, 2.24) is 4.90 Å². The fourth-order valence-electron chi connectivity index (χ4n) is 4.34. The number of hydrogen-bond acceptors (Lipinski definition) is 6. The van der Waals surface area contributed by atoms with Gasteiger partial charge in [-0.3, -0.25) is 14.5 Å². The highest BCUT2D eigenvalue weighted by Crippen LogP contribution is 2.40. The lowest BCUT2D eigenvalue weighted by Crippen LogP contribution is -2.45. The van der Waals surface area contributed by atoms with Crippen LogP contribution in [-0.4, -0.2) is 48.4 Å². The van der Waals surface area contributed by atoms with E-state index < -0.39 is 0 Å². The molecule has 0 saturated carbocycles. The van der Waals surface area contributed by atoms with Crippen molar-refractivity contribution < 1.29 is 19.1 Å². The lowest BCUT2D eigenvalue weighted by atomic mass is 9.88. The number of esters is 1. The summed E-state index contributed by atoms with van der Waals surface area (Å²) in [5.41, 5.74) is 6.93. The number of hydrogen-bond donors (Lipinski definition) is 2. The van der Waals surface area contributed by atoms with Gasteiger partial charge in [0.25, 0.3) is 0 Å². The van der Waals surface area contributed by atoms with Crippen LogP contribution in [0.15, 0.2) is 0 Å². The van der Waals surface area contributed by atoms with Crippen molar-refractivity contribution in [2.75, 3.05) is 25.0 Å². The third-order valence-corrected chi connectivity index (χ3v) is 6.95. The van der Waals surface area contributed by atoms with Gasteiger partial charge >= 0.3 is 5.97 Å². The maximum absolute atomic E-state index is 12.8. The number of nitrogens with zero attached hydrogens (tertiary/aromatic N) is 1. The summed E-state index contributed by atoms with van der Waals surface area (Å²) in [6.45, 7) is 5.26. The molecule has 1 saturated heterocycles. The molecule has 3 rings (SSSR count). The van der Waals surface area contributed by atoms with Gasteiger partial charge in [-0.15, -0.1) is 11.3 Å². The van der Waals surface area contributed by atoms with Crippen molar-refractivity contribution in [3.05, 3.63) is 16.0 Å². The molecule has 0 bridgehead atoms. The number of likely N-dealkylation sites (tertiary alicyclic amines) is 1. The smallest absolute Gasteiger partial charge is 0.341 e. The Morgan fingerprint density at radius 2 is 2.07 bits per heavy atom. The summed E-state index contributed by atoms with van der Waals surface area (Å²) in [5, 5.41) is 3.56. The van der Waals surface area contributed by atoms with Crippen LogP contribution in [0.5, 0.6) is 0 Å². The number of carbonyl (C=O) groups is 3. The lowest BCUT2D eigenvalue weighted by Gasteiger charge is -2.34. The Balaban J connectivity index is 1.75. The molecule has 1 aliphatic heterocycles. The van der Waals surface area contributed by atoms with Gasteiger partial charge in [-0.2, -0.15) is 0 Å². The second-order valence-electron chi connectivity index (χ2n) is 8.12. The van der Waals surface area contributed by atoms with Gasteiger partial charge in [-0.05, 0) is 57.1 Å². The molecule has 2 heterocycles. The Kier molecular flexibility index (Phi) is 7.29. The number of anilines is 1. The molecule has 0 unspecified atom stereocenters. The summed E-state index contributed by atoms with van der Waals surface area (Å²) >= 11 is 1.50. The average molecular weight is 422 g/mol. The van der Waals surface area contributed by atoms with Crippen LogP contribution in [-0.2, 0) is 27.2 Å². The average Bonchev–Trinajstić information content (AvgIpc) is 2.99. The van der Waals surface area contributed by atoms with Gasteiger partial charge in [0.05, 0.1) is 18.7 Å². The summed E-state index contributed by atoms with van der Waals surface area (Å²) in [6, 6.07) is 0.00826. The molecular weight excluding hydrogens is 390 g/mol. The van der Waals surface area contributed by atoms with Gasteiger partial charge < -0.3 is 15.8 Å². The van der Waals surface area contributed by atoms with Crippen LogP contribution in [0.4, 0.5) is 5.00 Å². The minimum absolute atomic E-state index is 0.00826. The summed E-state index contributed by atoms with van der Waals surface area (Å²) in [7, 11) is 0. The number of thiophene rings is 1. The zero-order valence-electron chi connectivity index (χ0n) is 17.3. The summed E-state index contributed by atoms with van der Waals surface area (Å²) in [5.74, 6) is -0.299. The minimum Gasteiger partial charge on any atom is -0.462 e. The number of rotatable bonds is 7. The Morgan fingerprint density at radius 1 is 1.28 bits per heavy atom. The van der Waals surface area contributed by atoms with Crippen LogP contribution in [0.3, 0.4) is 0 Å². The summed E-state index contributed by atoms with van der Waals surface area (Å²) in [6.07, 6.45) is 5.98. The first kappa shape index (κ1) is 21.8. The quantitative estimate of drug-likeness (QED) is 0.659. The normalized spacial score (nSPS) is 22.0. The number of primary amides is 1. The van der Waals surface area contributed by atoms with Crippen LogP contribution in [0, 0.1) is 5.92 Å². The van der Waals surface area contributed by atoms with Crippen LogP contribution in [0.25, 0.3) is 0 Å². The summed E-state index contributed by atoms with van der Waals surface area (Å²) in [4.78, 5) is 40.0. The minimum atomic E-state index is -0.362. The zero-order chi connectivity index (χ0) is 21.0. The van der Waals surface area contributed by atoms with E-state index >= 15 is 0 Å². The lowest BCUT2D eigenvalue weighted by molar-refractivity contribution is -0.122. The van der Waals surface area contributed by atoms with Crippen molar-refractivity contribution in [2.45, 2.75) is 64.8 Å². The third-order valence-electron chi connectivity index (χ3n) is 5.78. The molecule has 160 valence electrons. The van der Waals surface area contributed by atoms with Crippen molar-refractivity contribution >= 4 is 34.1 Å². The molecule has 2 amide bonds. The van der Waals surface area contributed by atoms with E-state index in [-0.39, 0.29) is 36.8 Å². The Morgan fingerprint density at radius 3 is 2.79 bits per heavy atom. The number of fused-ring (bicyclic) bond motifs is 1. The second-order valence-corrected chi connectivity index (χ2v) is 9.22. The molecule has 2 atom stereocenters. The van der Waals surface area contributed by atoms with Gasteiger partial charge in [0.2, 0.25) is 11.8 Å². The van der Waals surface area contributed by atoms with E-state index in [2.05, 4.69) is 12.2 Å². The van der Waals surface area contributed by atoms with E-state index in [0.29, 0.717) is 23.1 Å². The highest BCUT2D eigenvalue weighted by molar-refractivity contribution is 7.17. The van der Waals surface area contributed by atoms with Crippen molar-refractivity contribution in [3.8, 4) is 0 Å². The highest BCUT2D eigenvalue weighted by atomic mass is 32.1. The molecule has 1 aromatic rings. The van der Waals surface area contributed by atoms with Gasteiger partial charge in [0.15, 0.2) is 0 Å². The fraction of sp³-hybridized carbons (Fsp3) is 0.667. The molecule has 1 aliphatic carbocycles. The van der Waals surface area contributed by atoms with Gasteiger partial charge in [0, 0.05) is 17.3 Å². The number of piperidine rings is 1. The highest BCUT2D eigenvalue weighted by Gasteiger charge is 2.30. The van der Waals surface area contributed by atoms with Crippen LogP contribution >= 0.6 is 11.3 Å². The van der Waals surface area contributed by atoms with Crippen LogP contribution in [0.2, 0.25) is 0 Å². The van der Waals surface area contributed by atoms with E-state index in [1.807, 2.05) is 4.90 Å². The van der Waals surface area contributed by atoms with Crippen molar-refractivity contribution in [2.24, 2.45) is 11.7 Å². The standard InChI is InChI=1S/C21H31N3O4S/c1-3-28-21(27)19-15-8-7-13(2)10-16(15)29-20(19)23-18(26)12-24-9-5-4-6-14(24)11-17(22)25/h13-14H,3-12H2,1-2H3,(H2,22,25)(H,23,26)/t13-,14+/m1/s1. The van der Waals surface area contributed by atoms with Gasteiger partial charge in [0.1, 0.15) is 5.00 Å². The first-order valence-electron chi connectivity index (χ1n) is 10.5. The monoisotopic (exact) mass is 421 g/mol. The fourth-order valence-corrected chi connectivity index (χ4v) is 5.76. The Hall–Kier alpha value is -1.93. The molecule has 1 aromatic heterocycles. The molecule has 29 heavy (non-hydrogen) atoms. The molecular formula is C21H31N3O4S. The van der Waals surface area contributed by atoms with Crippen LogP contribution in [0.1, 0.15) is 66.8 Å². The SMILES string of the molecule is CCOC(=O)c1c(NC(=O)CN2CCCC[C@H]2CC(N)=O)sc2c1CC[C@@H](C)C2. The predicted molar refractivity (Wildman–Crippen MR) is 113 cm³/mol. The zero-order valence-corrected chi connectivity index (χ0v) is 18.1. The number of amides is 2. The second kappa shape index (κ2) is 9.71. The predicted octanol–water partition coefficient (Wildman–Crippen LogP) is 2.72. The molecule has 2 aliphatic rings. The first-order chi connectivity index (χ1) is 13.9. The molecule has 3 N–H and O–H groups in total. The van der Waals surface area contributed by atoms with E-state index in [9.17, 15) is 14.4 Å². The molecule has 8 heteroatoms. The maximum Gasteiger partial charge on any atom is 0.341 e. The van der Waals surface area contributed by atoms with E-state index in [1.165, 1.54) is 16.2 Å². The van der Waals surface area contributed by atoms with E-state index in [1.54, 1.807) is 6.92 Å². The topological polar surface area (TPSA) is 102 Å². The van der Waals surface area contributed by atoms with Crippen molar-refractivity contribution in [1.29, 1.82) is 0 Å². The van der Waals surface area contributed by atoms with Gasteiger partial charge in [-0.1, -0.05) is 13.3 Å². The Bertz CT molecular complexity index is 776. The van der Waals surface area contributed by atoms with Crippen molar-refractivity contribution in [3.63, 3.8) is 0 Å². The Labute approximate surface area is 176 Å². The van der Waals surface area contributed by atoms with E-state index in [0.717, 1.165) is 50.6 Å². The molecule has 0 radical (unpaired) electrons. The third kappa shape index (κ3) is 5.36. The number of ether oxygens (including phenoxy) is 1.